The lowest BCUT2D eigenvalue weighted by molar-refractivity contribution is -0.119. The summed E-state index contributed by atoms with van der Waals surface area (Å²) in [4.78, 5) is 12.5. The van der Waals surface area contributed by atoms with E-state index in [2.05, 4.69) is 5.32 Å². The molecule has 1 saturated heterocycles. The SMILES string of the molecule is CS(=O)(=O)N(CC(=O)NCCCSCc1cccc(Cl)c1)c1ccc(S(=O)(=O)N2CCOCC2)cc1. The summed E-state index contributed by atoms with van der Waals surface area (Å²) in [6.45, 7) is 1.20. The van der Waals surface area contributed by atoms with Gasteiger partial charge in [0.25, 0.3) is 0 Å². The second-order valence-corrected chi connectivity index (χ2v) is 13.6. The molecule has 36 heavy (non-hydrogen) atoms. The molecule has 1 aliphatic heterocycles. The van der Waals surface area contributed by atoms with Crippen LogP contribution in [0.5, 0.6) is 0 Å². The Morgan fingerprint density at radius 2 is 1.81 bits per heavy atom. The number of nitrogens with one attached hydrogen (secondary N) is 1. The highest BCUT2D eigenvalue weighted by Gasteiger charge is 2.27. The third-order valence-corrected chi connectivity index (χ3v) is 9.77. The zero-order valence-corrected chi connectivity index (χ0v) is 23.1. The van der Waals surface area contributed by atoms with E-state index in [1.54, 1.807) is 11.8 Å². The zero-order valence-electron chi connectivity index (χ0n) is 19.9. The first-order valence-electron chi connectivity index (χ1n) is 11.3. The lowest BCUT2D eigenvalue weighted by Crippen LogP contribution is -2.41. The number of amides is 1. The maximum atomic E-state index is 12.8. The van der Waals surface area contributed by atoms with E-state index < -0.39 is 32.5 Å². The molecule has 0 saturated carbocycles. The smallest absolute Gasteiger partial charge is 0.243 e. The number of nitrogens with zero attached hydrogens (tertiary/aromatic N) is 2. The van der Waals surface area contributed by atoms with Crippen LogP contribution in [0.1, 0.15) is 12.0 Å². The number of benzene rings is 2. The predicted octanol–water partition coefficient (Wildman–Crippen LogP) is 2.57. The van der Waals surface area contributed by atoms with Crippen LogP contribution in [0.15, 0.2) is 53.4 Å². The molecule has 1 fully saturated rings. The van der Waals surface area contributed by atoms with Crippen LogP contribution < -0.4 is 9.62 Å². The Kier molecular flexibility index (Phi) is 10.5. The van der Waals surface area contributed by atoms with Crippen molar-refractivity contribution < 1.29 is 26.4 Å². The molecule has 0 atom stereocenters. The molecule has 13 heteroatoms. The molecule has 1 amide bonds. The average Bonchev–Trinajstić information content (AvgIpc) is 2.84. The number of rotatable bonds is 12. The van der Waals surface area contributed by atoms with Gasteiger partial charge in [-0.05, 0) is 54.1 Å². The number of ether oxygens (including phenoxy) is 1. The van der Waals surface area contributed by atoms with Crippen molar-refractivity contribution in [2.45, 2.75) is 17.1 Å². The van der Waals surface area contributed by atoms with E-state index in [4.69, 9.17) is 16.3 Å². The molecule has 2 aromatic rings. The number of sulfonamides is 2. The van der Waals surface area contributed by atoms with Gasteiger partial charge in [-0.2, -0.15) is 16.1 Å². The fourth-order valence-electron chi connectivity index (χ4n) is 3.53. The van der Waals surface area contributed by atoms with Crippen molar-refractivity contribution in [2.24, 2.45) is 0 Å². The molecular weight excluding hydrogens is 546 g/mol. The van der Waals surface area contributed by atoms with Crippen molar-refractivity contribution in [3.05, 3.63) is 59.1 Å². The van der Waals surface area contributed by atoms with Crippen molar-refractivity contribution in [2.75, 3.05) is 55.7 Å². The van der Waals surface area contributed by atoms with E-state index in [1.807, 2.05) is 24.3 Å². The first-order valence-corrected chi connectivity index (χ1v) is 16.1. The lowest BCUT2D eigenvalue weighted by Gasteiger charge is -2.26. The maximum absolute atomic E-state index is 12.8. The molecular formula is C23H30ClN3O6S3. The van der Waals surface area contributed by atoms with Gasteiger partial charge in [-0.15, -0.1) is 0 Å². The van der Waals surface area contributed by atoms with Crippen LogP contribution in [0.3, 0.4) is 0 Å². The molecule has 0 unspecified atom stereocenters. The Labute approximate surface area is 222 Å². The predicted molar refractivity (Wildman–Crippen MR) is 143 cm³/mol. The van der Waals surface area contributed by atoms with Gasteiger partial charge in [0, 0.05) is 30.4 Å². The van der Waals surface area contributed by atoms with Crippen molar-refractivity contribution in [3.63, 3.8) is 0 Å². The van der Waals surface area contributed by atoms with E-state index in [0.29, 0.717) is 24.8 Å². The van der Waals surface area contributed by atoms with Crippen LogP contribution in [0.25, 0.3) is 0 Å². The van der Waals surface area contributed by atoms with Crippen molar-refractivity contribution >= 4 is 55.0 Å². The van der Waals surface area contributed by atoms with Crippen molar-refractivity contribution in [1.82, 2.24) is 9.62 Å². The summed E-state index contributed by atoms with van der Waals surface area (Å²) in [5, 5.41) is 3.45. The molecule has 198 valence electrons. The molecule has 0 radical (unpaired) electrons. The number of carbonyl (C=O) groups excluding carboxylic acids is 1. The van der Waals surface area contributed by atoms with E-state index in [-0.39, 0.29) is 23.7 Å². The molecule has 1 N–H and O–H groups in total. The molecule has 0 aromatic heterocycles. The van der Waals surface area contributed by atoms with Gasteiger partial charge in [-0.3, -0.25) is 9.10 Å². The third kappa shape index (κ3) is 8.35. The van der Waals surface area contributed by atoms with E-state index in [9.17, 15) is 21.6 Å². The molecule has 3 rings (SSSR count). The quantitative estimate of drug-likeness (QED) is 0.387. The van der Waals surface area contributed by atoms with Crippen molar-refractivity contribution in [3.8, 4) is 0 Å². The summed E-state index contributed by atoms with van der Waals surface area (Å²) >= 11 is 7.70. The average molecular weight is 576 g/mol. The number of thioether (sulfide) groups is 1. The Morgan fingerprint density at radius 3 is 2.44 bits per heavy atom. The fraction of sp³-hybridized carbons (Fsp3) is 0.435. The molecule has 2 aromatic carbocycles. The van der Waals surface area contributed by atoms with Gasteiger partial charge >= 0.3 is 0 Å². The number of carbonyl (C=O) groups is 1. The number of halogens is 1. The van der Waals surface area contributed by atoms with Crippen molar-refractivity contribution in [1.29, 1.82) is 0 Å². The van der Waals surface area contributed by atoms with Crippen LogP contribution in [0, 0.1) is 0 Å². The van der Waals surface area contributed by atoms with Gasteiger partial charge in [0.15, 0.2) is 0 Å². The highest BCUT2D eigenvalue weighted by atomic mass is 35.5. The number of hydrogen-bond acceptors (Lipinski definition) is 7. The van der Waals surface area contributed by atoms with Gasteiger partial charge in [0.05, 0.1) is 30.1 Å². The largest absolute Gasteiger partial charge is 0.379 e. The van der Waals surface area contributed by atoms with E-state index in [1.165, 1.54) is 28.6 Å². The summed E-state index contributed by atoms with van der Waals surface area (Å²) in [6.07, 6.45) is 1.73. The summed E-state index contributed by atoms with van der Waals surface area (Å²) < 4.78 is 57.8. The first kappa shape index (κ1) is 28.7. The first-order chi connectivity index (χ1) is 17.1. The van der Waals surface area contributed by atoms with Crippen LogP contribution in [-0.2, 0) is 35.3 Å². The molecule has 1 heterocycles. The molecule has 0 spiro atoms. The van der Waals surface area contributed by atoms with E-state index in [0.717, 1.165) is 34.1 Å². The Balaban J connectivity index is 1.51. The minimum atomic E-state index is -3.77. The zero-order chi connectivity index (χ0) is 26.2. The summed E-state index contributed by atoms with van der Waals surface area (Å²) in [5.74, 6) is 1.19. The second-order valence-electron chi connectivity index (χ2n) is 8.17. The Morgan fingerprint density at radius 1 is 1.11 bits per heavy atom. The summed E-state index contributed by atoms with van der Waals surface area (Å²) in [7, 11) is -7.48. The number of anilines is 1. The van der Waals surface area contributed by atoms with Gasteiger partial charge in [0.2, 0.25) is 26.0 Å². The second kappa shape index (κ2) is 13.1. The minimum Gasteiger partial charge on any atom is -0.379 e. The molecule has 9 nitrogen and oxygen atoms in total. The van der Waals surface area contributed by atoms with E-state index >= 15 is 0 Å². The van der Waals surface area contributed by atoms with Gasteiger partial charge in [-0.25, -0.2) is 16.8 Å². The molecule has 0 bridgehead atoms. The number of hydrogen-bond donors (Lipinski definition) is 1. The minimum absolute atomic E-state index is 0.0568. The number of morpholine rings is 1. The van der Waals surface area contributed by atoms with Gasteiger partial charge < -0.3 is 10.1 Å². The van der Waals surface area contributed by atoms with Crippen LogP contribution in [0.2, 0.25) is 5.02 Å². The maximum Gasteiger partial charge on any atom is 0.243 e. The molecule has 0 aliphatic carbocycles. The standard InChI is InChI=1S/C23H30ClN3O6S3/c1-35(29,30)27(17-23(28)25-10-3-15-34-18-19-4-2-5-20(24)16-19)21-6-8-22(9-7-21)36(31,32)26-11-13-33-14-12-26/h2,4-9,16H,3,10-15,17-18H2,1H3,(H,25,28). The topological polar surface area (TPSA) is 113 Å². The van der Waals surface area contributed by atoms with Crippen LogP contribution >= 0.6 is 23.4 Å². The van der Waals surface area contributed by atoms with Crippen LogP contribution in [0.4, 0.5) is 5.69 Å². The Bertz CT molecular complexity index is 1230. The fourth-order valence-corrected chi connectivity index (χ4v) is 6.91. The lowest BCUT2D eigenvalue weighted by atomic mass is 10.2. The molecule has 1 aliphatic rings. The Hall–Kier alpha value is -1.83. The summed E-state index contributed by atoms with van der Waals surface area (Å²) in [5.41, 5.74) is 1.34. The van der Waals surface area contributed by atoms with Gasteiger partial charge in [0.1, 0.15) is 6.54 Å². The normalized spacial score (nSPS) is 14.9. The monoisotopic (exact) mass is 575 g/mol. The van der Waals surface area contributed by atoms with Crippen LogP contribution in [-0.4, -0.2) is 78.4 Å². The van der Waals surface area contributed by atoms with Gasteiger partial charge in [-0.1, -0.05) is 23.7 Å². The summed E-state index contributed by atoms with van der Waals surface area (Å²) in [6, 6.07) is 13.2. The highest BCUT2D eigenvalue weighted by molar-refractivity contribution is 7.98. The third-order valence-electron chi connectivity index (χ3n) is 5.37. The highest BCUT2D eigenvalue weighted by Crippen LogP contribution is 2.23.